The van der Waals surface area contributed by atoms with Gasteiger partial charge in [-0.15, -0.1) is 0 Å². The first-order valence-electron chi connectivity index (χ1n) is 8.50. The van der Waals surface area contributed by atoms with Crippen LogP contribution in [0, 0.1) is 0 Å². The molecule has 2 aromatic carbocycles. The third-order valence-electron chi connectivity index (χ3n) is 4.44. The summed E-state index contributed by atoms with van der Waals surface area (Å²) in [5.41, 5.74) is 2.13. The summed E-state index contributed by atoms with van der Waals surface area (Å²) < 4.78 is 11.4. The average molecular weight is 356 g/mol. The zero-order valence-corrected chi connectivity index (χ0v) is 15.6. The fourth-order valence-electron chi connectivity index (χ4n) is 2.85. The Balaban J connectivity index is 1.69. The van der Waals surface area contributed by atoms with Gasteiger partial charge in [-0.05, 0) is 30.8 Å². The van der Waals surface area contributed by atoms with Crippen LogP contribution in [0.2, 0.25) is 0 Å². The molecule has 132 valence electrons. The van der Waals surface area contributed by atoms with Crippen molar-refractivity contribution in [3.8, 4) is 11.5 Å². The van der Waals surface area contributed by atoms with Gasteiger partial charge in [-0.2, -0.15) is 0 Å². The van der Waals surface area contributed by atoms with E-state index in [9.17, 15) is 0 Å². The van der Waals surface area contributed by atoms with Gasteiger partial charge in [-0.1, -0.05) is 42.5 Å². The molecule has 1 saturated heterocycles. The number of likely N-dealkylation sites (N-methyl/N-ethyl adjacent to an activating group) is 1. The molecule has 0 aromatic heterocycles. The van der Waals surface area contributed by atoms with Crippen LogP contribution < -0.4 is 9.47 Å². The van der Waals surface area contributed by atoms with Gasteiger partial charge in [-0.3, -0.25) is 0 Å². The zero-order chi connectivity index (χ0) is 17.6. The summed E-state index contributed by atoms with van der Waals surface area (Å²) in [6.45, 7) is 4.51. The Kier molecular flexibility index (Phi) is 5.89. The number of rotatable bonds is 5. The zero-order valence-electron chi connectivity index (χ0n) is 14.8. The fraction of sp³-hybridized carbons (Fsp3) is 0.350. The molecule has 0 bridgehead atoms. The summed E-state index contributed by atoms with van der Waals surface area (Å²) in [4.78, 5) is 5.45. The summed E-state index contributed by atoms with van der Waals surface area (Å²) in [6, 6.07) is 16.0. The van der Waals surface area contributed by atoms with Crippen molar-refractivity contribution < 1.29 is 9.47 Å². The first kappa shape index (κ1) is 17.7. The second-order valence-corrected chi connectivity index (χ2v) is 6.62. The molecule has 1 aliphatic heterocycles. The minimum atomic E-state index is 0.513. The number of piperazine rings is 1. The normalized spacial score (nSPS) is 15.0. The first-order valence-corrected chi connectivity index (χ1v) is 8.91. The molecule has 25 heavy (non-hydrogen) atoms. The molecule has 4 nitrogen and oxygen atoms in total. The molecule has 0 spiro atoms. The SMILES string of the molecule is COc1cc(C(=S)N2CCN(C)CC2)ccc1OCc1ccccc1. The van der Waals surface area contributed by atoms with Gasteiger partial charge >= 0.3 is 0 Å². The summed E-state index contributed by atoms with van der Waals surface area (Å²) >= 11 is 5.68. The Morgan fingerprint density at radius 1 is 1.00 bits per heavy atom. The van der Waals surface area contributed by atoms with E-state index in [0.717, 1.165) is 48.0 Å². The number of nitrogens with zero attached hydrogens (tertiary/aromatic N) is 2. The molecule has 0 atom stereocenters. The van der Waals surface area contributed by atoms with Gasteiger partial charge in [0.05, 0.1) is 7.11 Å². The summed E-state index contributed by atoms with van der Waals surface area (Å²) in [6.07, 6.45) is 0. The van der Waals surface area contributed by atoms with Crippen molar-refractivity contribution in [2.75, 3.05) is 40.3 Å². The molecule has 1 fully saturated rings. The number of ether oxygens (including phenoxy) is 2. The van der Waals surface area contributed by atoms with Gasteiger partial charge in [0.2, 0.25) is 0 Å². The largest absolute Gasteiger partial charge is 0.493 e. The van der Waals surface area contributed by atoms with Crippen LogP contribution in [0.25, 0.3) is 0 Å². The first-order chi connectivity index (χ1) is 12.2. The highest BCUT2D eigenvalue weighted by Crippen LogP contribution is 2.29. The number of thiocarbonyl (C=S) groups is 1. The van der Waals surface area contributed by atoms with Crippen molar-refractivity contribution in [3.63, 3.8) is 0 Å². The molecule has 0 unspecified atom stereocenters. The van der Waals surface area contributed by atoms with Gasteiger partial charge in [-0.25, -0.2) is 0 Å². The lowest BCUT2D eigenvalue weighted by Crippen LogP contribution is -2.46. The van der Waals surface area contributed by atoms with E-state index in [-0.39, 0.29) is 0 Å². The highest BCUT2D eigenvalue weighted by molar-refractivity contribution is 7.80. The van der Waals surface area contributed by atoms with Gasteiger partial charge in [0.1, 0.15) is 11.6 Å². The van der Waals surface area contributed by atoms with Gasteiger partial charge in [0.25, 0.3) is 0 Å². The number of methoxy groups -OCH3 is 1. The molecule has 0 N–H and O–H groups in total. The molecular weight excluding hydrogens is 332 g/mol. The lowest BCUT2D eigenvalue weighted by molar-refractivity contribution is 0.218. The highest BCUT2D eigenvalue weighted by Gasteiger charge is 2.18. The molecule has 1 aliphatic rings. The van der Waals surface area contributed by atoms with E-state index in [1.54, 1.807) is 7.11 Å². The standard InChI is InChI=1S/C20H24N2O2S/c1-21-10-12-22(13-11-21)20(25)17-8-9-18(19(14-17)23-2)24-15-16-6-4-3-5-7-16/h3-9,14H,10-13,15H2,1-2H3. The van der Waals surface area contributed by atoms with E-state index < -0.39 is 0 Å². The summed E-state index contributed by atoms with van der Waals surface area (Å²) in [5.74, 6) is 1.45. The molecule has 5 heteroatoms. The Hall–Kier alpha value is -2.11. The molecule has 1 heterocycles. The van der Waals surface area contributed by atoms with E-state index in [0.29, 0.717) is 12.4 Å². The Bertz CT molecular complexity index is 713. The van der Waals surface area contributed by atoms with Crippen molar-refractivity contribution in [1.82, 2.24) is 9.80 Å². The number of hydrogen-bond donors (Lipinski definition) is 0. The van der Waals surface area contributed by atoms with Crippen LogP contribution >= 0.6 is 12.2 Å². The van der Waals surface area contributed by atoms with Crippen LogP contribution in [-0.4, -0.2) is 55.1 Å². The summed E-state index contributed by atoms with van der Waals surface area (Å²) in [5, 5.41) is 0. The molecule has 0 aliphatic carbocycles. The molecule has 0 radical (unpaired) electrons. The van der Waals surface area contributed by atoms with Crippen molar-refractivity contribution in [2.45, 2.75) is 6.61 Å². The quantitative estimate of drug-likeness (QED) is 0.766. The summed E-state index contributed by atoms with van der Waals surface area (Å²) in [7, 11) is 3.80. The fourth-order valence-corrected chi connectivity index (χ4v) is 3.16. The second kappa shape index (κ2) is 8.32. The predicted octanol–water partition coefficient (Wildman–Crippen LogP) is 3.20. The Morgan fingerprint density at radius 3 is 2.40 bits per heavy atom. The minimum absolute atomic E-state index is 0.513. The van der Waals surface area contributed by atoms with Crippen LogP contribution in [-0.2, 0) is 6.61 Å². The monoisotopic (exact) mass is 356 g/mol. The van der Waals surface area contributed by atoms with E-state index in [1.165, 1.54) is 0 Å². The van der Waals surface area contributed by atoms with Crippen molar-refractivity contribution >= 4 is 17.2 Å². The smallest absolute Gasteiger partial charge is 0.161 e. The molecule has 0 saturated carbocycles. The lowest BCUT2D eigenvalue weighted by atomic mass is 10.1. The minimum Gasteiger partial charge on any atom is -0.493 e. The maximum absolute atomic E-state index is 5.92. The van der Waals surface area contributed by atoms with E-state index >= 15 is 0 Å². The van der Waals surface area contributed by atoms with Crippen molar-refractivity contribution in [2.24, 2.45) is 0 Å². The Labute approximate surface area is 155 Å². The highest BCUT2D eigenvalue weighted by atomic mass is 32.1. The molecule has 3 rings (SSSR count). The van der Waals surface area contributed by atoms with Crippen LogP contribution in [0.1, 0.15) is 11.1 Å². The number of benzene rings is 2. The maximum atomic E-state index is 5.92. The molecular formula is C20H24N2O2S. The van der Waals surface area contributed by atoms with Gasteiger partial charge in [0.15, 0.2) is 11.5 Å². The van der Waals surface area contributed by atoms with E-state index in [4.69, 9.17) is 21.7 Å². The molecule has 0 amide bonds. The Morgan fingerprint density at radius 2 is 1.72 bits per heavy atom. The average Bonchev–Trinajstić information content (AvgIpc) is 2.67. The third-order valence-corrected chi connectivity index (χ3v) is 4.93. The second-order valence-electron chi connectivity index (χ2n) is 6.24. The topological polar surface area (TPSA) is 24.9 Å². The van der Waals surface area contributed by atoms with E-state index in [2.05, 4.69) is 16.8 Å². The maximum Gasteiger partial charge on any atom is 0.161 e. The van der Waals surface area contributed by atoms with E-state index in [1.807, 2.05) is 48.5 Å². The lowest BCUT2D eigenvalue weighted by Gasteiger charge is -2.34. The predicted molar refractivity (Wildman–Crippen MR) is 105 cm³/mol. The van der Waals surface area contributed by atoms with Crippen molar-refractivity contribution in [3.05, 3.63) is 59.7 Å². The van der Waals surface area contributed by atoms with Crippen LogP contribution in [0.3, 0.4) is 0 Å². The van der Waals surface area contributed by atoms with Crippen LogP contribution in [0.5, 0.6) is 11.5 Å². The van der Waals surface area contributed by atoms with Crippen molar-refractivity contribution in [1.29, 1.82) is 0 Å². The van der Waals surface area contributed by atoms with Gasteiger partial charge < -0.3 is 19.3 Å². The van der Waals surface area contributed by atoms with Gasteiger partial charge in [0, 0.05) is 31.7 Å². The van der Waals surface area contributed by atoms with Crippen LogP contribution in [0.15, 0.2) is 48.5 Å². The number of hydrogen-bond acceptors (Lipinski definition) is 4. The van der Waals surface area contributed by atoms with Crippen LogP contribution in [0.4, 0.5) is 0 Å². The molecule has 2 aromatic rings. The third kappa shape index (κ3) is 4.50.